The molecule has 0 radical (unpaired) electrons. The summed E-state index contributed by atoms with van der Waals surface area (Å²) in [6, 6.07) is 8.21. The highest BCUT2D eigenvalue weighted by Gasteiger charge is 2.14. The van der Waals surface area contributed by atoms with Gasteiger partial charge in [0, 0.05) is 5.56 Å². The highest BCUT2D eigenvalue weighted by atomic mass is 19.1. The first kappa shape index (κ1) is 13.2. The Morgan fingerprint density at radius 1 is 1.19 bits per heavy atom. The van der Waals surface area contributed by atoms with Crippen LogP contribution in [0.1, 0.15) is 16.2 Å². The number of para-hydroxylation sites is 1. The summed E-state index contributed by atoms with van der Waals surface area (Å²) in [5, 5.41) is 2.24. The quantitative estimate of drug-likeness (QED) is 0.759. The largest absolute Gasteiger partial charge is 0.342 e. The molecule has 106 valence electrons. The molecule has 0 saturated heterocycles. The molecule has 0 aliphatic heterocycles. The van der Waals surface area contributed by atoms with Crippen molar-refractivity contribution in [2.75, 3.05) is 5.32 Å². The number of amides is 1. The summed E-state index contributed by atoms with van der Waals surface area (Å²) in [5.74, 6) is -1.50. The van der Waals surface area contributed by atoms with Gasteiger partial charge in [-0.25, -0.2) is 13.8 Å². The van der Waals surface area contributed by atoms with Crippen molar-refractivity contribution in [3.63, 3.8) is 0 Å². The monoisotopic (exact) mass is 287 g/mol. The molecule has 0 fully saturated rings. The van der Waals surface area contributed by atoms with E-state index in [2.05, 4.69) is 15.3 Å². The first-order chi connectivity index (χ1) is 10.0. The topological polar surface area (TPSA) is 57.8 Å². The van der Waals surface area contributed by atoms with Crippen LogP contribution < -0.4 is 5.32 Å². The van der Waals surface area contributed by atoms with Gasteiger partial charge >= 0.3 is 0 Å². The van der Waals surface area contributed by atoms with Gasteiger partial charge in [0.1, 0.15) is 23.1 Å². The normalized spacial score (nSPS) is 10.8. The lowest BCUT2D eigenvalue weighted by molar-refractivity contribution is 0.102. The average molecular weight is 287 g/mol. The maximum atomic E-state index is 13.5. The van der Waals surface area contributed by atoms with Crippen molar-refractivity contribution < 1.29 is 13.6 Å². The maximum absolute atomic E-state index is 13.5. The fraction of sp³-hybridized carbons (Fsp3) is 0.0667. The maximum Gasteiger partial charge on any atom is 0.255 e. The smallest absolute Gasteiger partial charge is 0.255 e. The lowest BCUT2D eigenvalue weighted by Gasteiger charge is -2.07. The van der Waals surface area contributed by atoms with Gasteiger partial charge in [0.05, 0.1) is 11.0 Å². The van der Waals surface area contributed by atoms with E-state index in [0.717, 1.165) is 23.5 Å². The fourth-order valence-electron chi connectivity index (χ4n) is 2.08. The van der Waals surface area contributed by atoms with Crippen LogP contribution in [0.2, 0.25) is 0 Å². The number of rotatable bonds is 2. The van der Waals surface area contributed by atoms with E-state index < -0.39 is 23.2 Å². The molecule has 4 nitrogen and oxygen atoms in total. The van der Waals surface area contributed by atoms with Gasteiger partial charge < -0.3 is 10.3 Å². The molecule has 3 aromatic rings. The zero-order chi connectivity index (χ0) is 15.0. The molecule has 0 aliphatic rings. The molecule has 1 amide bonds. The zero-order valence-corrected chi connectivity index (χ0v) is 11.1. The number of hydrogen-bond donors (Lipinski definition) is 2. The van der Waals surface area contributed by atoms with E-state index in [1.165, 1.54) is 6.07 Å². The standard InChI is InChI=1S/C15H11F2N3O/c1-8-18-12-6-5-9(7-13(12)19-8)15(21)20-14-10(16)3-2-4-11(14)17/h2-7H,1H3,(H,18,19)(H,20,21). The molecule has 0 unspecified atom stereocenters. The van der Waals surface area contributed by atoms with E-state index in [0.29, 0.717) is 5.52 Å². The first-order valence-electron chi connectivity index (χ1n) is 6.26. The lowest BCUT2D eigenvalue weighted by atomic mass is 10.2. The van der Waals surface area contributed by atoms with Crippen LogP contribution in [-0.2, 0) is 0 Å². The van der Waals surface area contributed by atoms with Crippen LogP contribution in [0.5, 0.6) is 0 Å². The molecule has 21 heavy (non-hydrogen) atoms. The molecule has 0 aliphatic carbocycles. The third-order valence-corrected chi connectivity index (χ3v) is 3.06. The second kappa shape index (κ2) is 4.97. The fourth-order valence-corrected chi connectivity index (χ4v) is 2.08. The molecule has 0 spiro atoms. The number of nitrogens with one attached hydrogen (secondary N) is 2. The van der Waals surface area contributed by atoms with Crippen molar-refractivity contribution >= 4 is 22.6 Å². The number of carbonyl (C=O) groups is 1. The average Bonchev–Trinajstić information content (AvgIpc) is 2.81. The van der Waals surface area contributed by atoms with Gasteiger partial charge in [0.15, 0.2) is 0 Å². The van der Waals surface area contributed by atoms with Crippen LogP contribution in [0.3, 0.4) is 0 Å². The van der Waals surface area contributed by atoms with Crippen LogP contribution in [0.25, 0.3) is 11.0 Å². The van der Waals surface area contributed by atoms with Crippen LogP contribution >= 0.6 is 0 Å². The molecule has 1 heterocycles. The van der Waals surface area contributed by atoms with Crippen LogP contribution in [0, 0.1) is 18.6 Å². The Morgan fingerprint density at radius 2 is 1.90 bits per heavy atom. The third kappa shape index (κ3) is 2.47. The summed E-state index contributed by atoms with van der Waals surface area (Å²) in [4.78, 5) is 19.3. The summed E-state index contributed by atoms with van der Waals surface area (Å²) in [6.07, 6.45) is 0. The Balaban J connectivity index is 1.93. The number of aromatic nitrogens is 2. The molecular weight excluding hydrogens is 276 g/mol. The predicted octanol–water partition coefficient (Wildman–Crippen LogP) is 3.40. The van der Waals surface area contributed by atoms with Gasteiger partial charge in [-0.1, -0.05) is 6.07 Å². The van der Waals surface area contributed by atoms with E-state index in [4.69, 9.17) is 0 Å². The van der Waals surface area contributed by atoms with Crippen molar-refractivity contribution in [3.8, 4) is 0 Å². The zero-order valence-electron chi connectivity index (χ0n) is 11.1. The van der Waals surface area contributed by atoms with Gasteiger partial charge in [-0.05, 0) is 37.3 Å². The Bertz CT molecular complexity index is 822. The second-order valence-corrected chi connectivity index (χ2v) is 4.60. The number of halogens is 2. The number of benzene rings is 2. The van der Waals surface area contributed by atoms with Crippen LogP contribution in [-0.4, -0.2) is 15.9 Å². The summed E-state index contributed by atoms with van der Waals surface area (Å²) in [6.45, 7) is 1.80. The van der Waals surface area contributed by atoms with E-state index >= 15 is 0 Å². The number of fused-ring (bicyclic) bond motifs is 1. The van der Waals surface area contributed by atoms with Crippen LogP contribution in [0.4, 0.5) is 14.5 Å². The lowest BCUT2D eigenvalue weighted by Crippen LogP contribution is -2.14. The first-order valence-corrected chi connectivity index (χ1v) is 6.26. The third-order valence-electron chi connectivity index (χ3n) is 3.06. The minimum atomic E-state index is -0.818. The van der Waals surface area contributed by atoms with E-state index in [1.807, 2.05) is 0 Å². The number of anilines is 1. The molecule has 3 rings (SSSR count). The van der Waals surface area contributed by atoms with Crippen molar-refractivity contribution in [1.29, 1.82) is 0 Å². The van der Waals surface area contributed by atoms with Gasteiger partial charge in [-0.3, -0.25) is 4.79 Å². The van der Waals surface area contributed by atoms with E-state index in [1.54, 1.807) is 25.1 Å². The Morgan fingerprint density at radius 3 is 2.62 bits per heavy atom. The second-order valence-electron chi connectivity index (χ2n) is 4.60. The molecule has 2 aromatic carbocycles. The number of carbonyl (C=O) groups excluding carboxylic acids is 1. The number of nitrogens with zero attached hydrogens (tertiary/aromatic N) is 1. The van der Waals surface area contributed by atoms with Gasteiger partial charge in [0.25, 0.3) is 5.91 Å². The Labute approximate surface area is 118 Å². The minimum Gasteiger partial charge on any atom is -0.342 e. The molecule has 0 bridgehead atoms. The van der Waals surface area contributed by atoms with Gasteiger partial charge in [-0.2, -0.15) is 0 Å². The Kier molecular flexibility index (Phi) is 3.13. The number of aromatic amines is 1. The van der Waals surface area contributed by atoms with Crippen molar-refractivity contribution in [2.24, 2.45) is 0 Å². The molecular formula is C15H11F2N3O. The number of imidazole rings is 1. The minimum absolute atomic E-state index is 0.286. The molecule has 0 saturated carbocycles. The highest BCUT2D eigenvalue weighted by Crippen LogP contribution is 2.20. The summed E-state index contributed by atoms with van der Waals surface area (Å²) in [7, 11) is 0. The molecule has 6 heteroatoms. The molecule has 1 aromatic heterocycles. The summed E-state index contributed by atoms with van der Waals surface area (Å²) in [5.41, 5.74) is 1.24. The predicted molar refractivity (Wildman–Crippen MR) is 75.1 cm³/mol. The number of H-pyrrole nitrogens is 1. The summed E-state index contributed by atoms with van der Waals surface area (Å²) < 4.78 is 27.0. The van der Waals surface area contributed by atoms with E-state index in [9.17, 15) is 13.6 Å². The van der Waals surface area contributed by atoms with Gasteiger partial charge in [0.2, 0.25) is 0 Å². The van der Waals surface area contributed by atoms with Crippen molar-refractivity contribution in [1.82, 2.24) is 9.97 Å². The Hall–Kier alpha value is -2.76. The number of aryl methyl sites for hydroxylation is 1. The van der Waals surface area contributed by atoms with Crippen molar-refractivity contribution in [2.45, 2.75) is 6.92 Å². The van der Waals surface area contributed by atoms with Gasteiger partial charge in [-0.15, -0.1) is 0 Å². The SMILES string of the molecule is Cc1nc2ccc(C(=O)Nc3c(F)cccc3F)cc2[nH]1. The molecule has 0 atom stereocenters. The highest BCUT2D eigenvalue weighted by molar-refractivity contribution is 6.06. The summed E-state index contributed by atoms with van der Waals surface area (Å²) >= 11 is 0. The number of hydrogen-bond acceptors (Lipinski definition) is 2. The van der Waals surface area contributed by atoms with E-state index in [-0.39, 0.29) is 5.56 Å². The van der Waals surface area contributed by atoms with Crippen LogP contribution in [0.15, 0.2) is 36.4 Å². The molecule has 2 N–H and O–H groups in total. The van der Waals surface area contributed by atoms with Crippen molar-refractivity contribution in [3.05, 3.63) is 59.4 Å².